The van der Waals surface area contributed by atoms with Gasteiger partial charge in [0.2, 0.25) is 5.91 Å². The zero-order chi connectivity index (χ0) is 17.0. The first-order valence-corrected chi connectivity index (χ1v) is 8.26. The second-order valence-corrected chi connectivity index (χ2v) is 6.76. The molecule has 0 fully saturated rings. The van der Waals surface area contributed by atoms with Crippen LogP contribution in [0.5, 0.6) is 5.75 Å². The predicted molar refractivity (Wildman–Crippen MR) is 91.0 cm³/mol. The van der Waals surface area contributed by atoms with E-state index in [-0.39, 0.29) is 31.0 Å². The van der Waals surface area contributed by atoms with Crippen LogP contribution in [-0.4, -0.2) is 31.0 Å². The van der Waals surface area contributed by atoms with Gasteiger partial charge in [-0.3, -0.25) is 14.5 Å². The molecule has 126 valence electrons. The first kappa shape index (κ1) is 17.6. The Bertz CT molecular complexity index is 589. The molecule has 0 aliphatic carbocycles. The van der Waals surface area contributed by atoms with Crippen molar-refractivity contribution in [2.75, 3.05) is 18.1 Å². The minimum atomic E-state index is -0.246. The van der Waals surface area contributed by atoms with E-state index in [2.05, 4.69) is 19.2 Å². The number of nitrogens with one attached hydrogen (secondary N) is 1. The van der Waals surface area contributed by atoms with Crippen molar-refractivity contribution in [1.29, 1.82) is 0 Å². The van der Waals surface area contributed by atoms with Crippen molar-refractivity contribution in [3.05, 3.63) is 23.2 Å². The van der Waals surface area contributed by atoms with Crippen LogP contribution in [-0.2, 0) is 9.59 Å². The van der Waals surface area contributed by atoms with Crippen molar-refractivity contribution in [3.63, 3.8) is 0 Å². The lowest BCUT2D eigenvalue weighted by atomic mass is 10.0. The van der Waals surface area contributed by atoms with Gasteiger partial charge in [-0.1, -0.05) is 25.4 Å². The third-order valence-corrected chi connectivity index (χ3v) is 3.99. The SMILES string of the molecule is CC(C)CCC(C)NC(=O)CN1C(=O)COc2ccc(Cl)cc21. The van der Waals surface area contributed by atoms with E-state index < -0.39 is 0 Å². The summed E-state index contributed by atoms with van der Waals surface area (Å²) < 4.78 is 5.37. The third kappa shape index (κ3) is 4.86. The van der Waals surface area contributed by atoms with Crippen LogP contribution in [0.3, 0.4) is 0 Å². The van der Waals surface area contributed by atoms with Crippen molar-refractivity contribution >= 4 is 29.1 Å². The highest BCUT2D eigenvalue weighted by Crippen LogP contribution is 2.34. The number of hydrogen-bond donors (Lipinski definition) is 1. The topological polar surface area (TPSA) is 58.6 Å². The molecular weight excluding hydrogens is 316 g/mol. The van der Waals surface area contributed by atoms with Gasteiger partial charge in [-0.25, -0.2) is 0 Å². The van der Waals surface area contributed by atoms with Gasteiger partial charge in [0, 0.05) is 11.1 Å². The third-order valence-electron chi connectivity index (χ3n) is 3.75. The molecule has 1 aliphatic heterocycles. The molecular formula is C17H23ClN2O3. The molecule has 0 saturated carbocycles. The van der Waals surface area contributed by atoms with Crippen LogP contribution in [0.4, 0.5) is 5.69 Å². The van der Waals surface area contributed by atoms with Gasteiger partial charge in [-0.15, -0.1) is 0 Å². The molecule has 1 heterocycles. The summed E-state index contributed by atoms with van der Waals surface area (Å²) in [4.78, 5) is 25.7. The van der Waals surface area contributed by atoms with E-state index >= 15 is 0 Å². The number of fused-ring (bicyclic) bond motifs is 1. The van der Waals surface area contributed by atoms with E-state index in [1.165, 1.54) is 4.90 Å². The lowest BCUT2D eigenvalue weighted by molar-refractivity contribution is -0.125. The predicted octanol–water partition coefficient (Wildman–Crippen LogP) is 3.01. The summed E-state index contributed by atoms with van der Waals surface area (Å²) in [6.45, 7) is 6.20. The highest BCUT2D eigenvalue weighted by atomic mass is 35.5. The molecule has 2 rings (SSSR count). The molecule has 0 spiro atoms. The van der Waals surface area contributed by atoms with Crippen LogP contribution in [0.25, 0.3) is 0 Å². The number of halogens is 1. The quantitative estimate of drug-likeness (QED) is 0.867. The lowest BCUT2D eigenvalue weighted by Gasteiger charge is -2.29. The van der Waals surface area contributed by atoms with Gasteiger partial charge in [0.15, 0.2) is 6.61 Å². The number of carbonyl (C=O) groups is 2. The fraction of sp³-hybridized carbons (Fsp3) is 0.529. The molecule has 2 amide bonds. The first-order valence-electron chi connectivity index (χ1n) is 7.89. The Morgan fingerprint density at radius 2 is 2.09 bits per heavy atom. The summed E-state index contributed by atoms with van der Waals surface area (Å²) in [5.41, 5.74) is 0.540. The number of hydrogen-bond acceptors (Lipinski definition) is 3. The molecule has 23 heavy (non-hydrogen) atoms. The number of nitrogens with zero attached hydrogens (tertiary/aromatic N) is 1. The van der Waals surface area contributed by atoms with Crippen LogP contribution in [0.1, 0.15) is 33.6 Å². The van der Waals surface area contributed by atoms with E-state index in [9.17, 15) is 9.59 Å². The van der Waals surface area contributed by atoms with Crippen LogP contribution in [0, 0.1) is 5.92 Å². The standard InChI is InChI=1S/C17H23ClN2O3/c1-11(2)4-5-12(3)19-16(21)9-20-14-8-13(18)6-7-15(14)23-10-17(20)22/h6-8,11-12H,4-5,9-10H2,1-3H3,(H,19,21). The molecule has 1 aliphatic rings. The summed E-state index contributed by atoms with van der Waals surface area (Å²) in [7, 11) is 0. The number of anilines is 1. The van der Waals surface area contributed by atoms with Gasteiger partial charge in [-0.05, 0) is 43.9 Å². The van der Waals surface area contributed by atoms with Crippen molar-refractivity contribution in [1.82, 2.24) is 5.32 Å². The summed E-state index contributed by atoms with van der Waals surface area (Å²) in [5.74, 6) is 0.742. The maximum atomic E-state index is 12.2. The summed E-state index contributed by atoms with van der Waals surface area (Å²) in [6.07, 6.45) is 1.97. The Hall–Kier alpha value is -1.75. The van der Waals surface area contributed by atoms with E-state index in [4.69, 9.17) is 16.3 Å². The molecule has 1 atom stereocenters. The van der Waals surface area contributed by atoms with Gasteiger partial charge in [0.05, 0.1) is 5.69 Å². The van der Waals surface area contributed by atoms with Gasteiger partial charge in [0.1, 0.15) is 12.3 Å². The fourth-order valence-corrected chi connectivity index (χ4v) is 2.63. The molecule has 1 unspecified atom stereocenters. The van der Waals surface area contributed by atoms with Crippen LogP contribution in [0.15, 0.2) is 18.2 Å². The Morgan fingerprint density at radius 1 is 1.35 bits per heavy atom. The molecule has 1 aromatic carbocycles. The zero-order valence-corrected chi connectivity index (χ0v) is 14.5. The molecule has 5 nitrogen and oxygen atoms in total. The van der Waals surface area contributed by atoms with E-state index in [0.717, 1.165) is 12.8 Å². The molecule has 0 radical (unpaired) electrons. The monoisotopic (exact) mass is 338 g/mol. The highest BCUT2D eigenvalue weighted by molar-refractivity contribution is 6.31. The van der Waals surface area contributed by atoms with Crippen molar-refractivity contribution < 1.29 is 14.3 Å². The Morgan fingerprint density at radius 3 is 2.78 bits per heavy atom. The normalized spacial score (nSPS) is 15.2. The molecule has 1 N–H and O–H groups in total. The minimum Gasteiger partial charge on any atom is -0.482 e. The molecule has 6 heteroatoms. The van der Waals surface area contributed by atoms with E-state index in [1.54, 1.807) is 18.2 Å². The van der Waals surface area contributed by atoms with Crippen LogP contribution in [0.2, 0.25) is 5.02 Å². The molecule has 1 aromatic rings. The number of rotatable bonds is 6. The van der Waals surface area contributed by atoms with Crippen molar-refractivity contribution in [2.45, 2.75) is 39.7 Å². The molecule has 0 bridgehead atoms. The Labute approximate surface area is 141 Å². The zero-order valence-electron chi connectivity index (χ0n) is 13.8. The maximum Gasteiger partial charge on any atom is 0.265 e. The van der Waals surface area contributed by atoms with E-state index in [1.807, 2.05) is 6.92 Å². The Kier molecular flexibility index (Phi) is 5.88. The largest absolute Gasteiger partial charge is 0.482 e. The van der Waals surface area contributed by atoms with Gasteiger partial charge < -0.3 is 10.1 Å². The summed E-state index contributed by atoms with van der Waals surface area (Å²) >= 11 is 5.99. The molecule has 0 aromatic heterocycles. The smallest absolute Gasteiger partial charge is 0.265 e. The number of carbonyl (C=O) groups excluding carboxylic acids is 2. The van der Waals surface area contributed by atoms with Gasteiger partial charge in [0.25, 0.3) is 5.91 Å². The van der Waals surface area contributed by atoms with Gasteiger partial charge >= 0.3 is 0 Å². The van der Waals surface area contributed by atoms with Crippen molar-refractivity contribution in [2.24, 2.45) is 5.92 Å². The van der Waals surface area contributed by atoms with Crippen LogP contribution < -0.4 is 15.0 Å². The van der Waals surface area contributed by atoms with Crippen LogP contribution >= 0.6 is 11.6 Å². The minimum absolute atomic E-state index is 0.0262. The average molecular weight is 339 g/mol. The number of amides is 2. The summed E-state index contributed by atoms with van der Waals surface area (Å²) in [5, 5.41) is 3.44. The second-order valence-electron chi connectivity index (χ2n) is 6.32. The highest BCUT2D eigenvalue weighted by Gasteiger charge is 2.27. The number of ether oxygens (including phenoxy) is 1. The fourth-order valence-electron chi connectivity index (χ4n) is 2.47. The van der Waals surface area contributed by atoms with Gasteiger partial charge in [-0.2, -0.15) is 0 Å². The lowest BCUT2D eigenvalue weighted by Crippen LogP contribution is -2.46. The maximum absolute atomic E-state index is 12.2. The molecule has 0 saturated heterocycles. The Balaban J connectivity index is 2.00. The van der Waals surface area contributed by atoms with Crippen molar-refractivity contribution in [3.8, 4) is 5.75 Å². The summed E-state index contributed by atoms with van der Waals surface area (Å²) in [6, 6.07) is 5.13. The number of benzene rings is 1. The van der Waals surface area contributed by atoms with E-state index in [0.29, 0.717) is 22.4 Å². The average Bonchev–Trinajstić information content (AvgIpc) is 2.48. The first-order chi connectivity index (χ1) is 10.9. The second kappa shape index (κ2) is 7.68.